The van der Waals surface area contributed by atoms with E-state index in [1.807, 2.05) is 36.1 Å². The van der Waals surface area contributed by atoms with Gasteiger partial charge in [0, 0.05) is 37.7 Å². The maximum Gasteiger partial charge on any atom is 0.204 e. The Morgan fingerprint density at radius 1 is 1.38 bits per heavy atom. The lowest BCUT2D eigenvalue weighted by molar-refractivity contribution is 0.0869. The highest BCUT2D eigenvalue weighted by Gasteiger charge is 2.27. The van der Waals surface area contributed by atoms with Gasteiger partial charge in [0.05, 0.1) is 19.6 Å². The first-order chi connectivity index (χ1) is 11.7. The normalized spacial score (nSPS) is 16.2. The van der Waals surface area contributed by atoms with E-state index >= 15 is 0 Å². The quantitative estimate of drug-likeness (QED) is 0.735. The molecule has 0 spiro atoms. The Balaban J connectivity index is 1.63. The van der Waals surface area contributed by atoms with Crippen molar-refractivity contribution in [2.75, 3.05) is 13.7 Å². The van der Waals surface area contributed by atoms with Gasteiger partial charge in [0.25, 0.3) is 0 Å². The molecule has 1 aromatic carbocycles. The molecule has 0 saturated heterocycles. The van der Waals surface area contributed by atoms with Crippen LogP contribution in [0.5, 0.6) is 17.2 Å². The highest BCUT2D eigenvalue weighted by Crippen LogP contribution is 2.44. The zero-order valence-electron chi connectivity index (χ0n) is 13.5. The van der Waals surface area contributed by atoms with Gasteiger partial charge in [-0.2, -0.15) is 5.10 Å². The van der Waals surface area contributed by atoms with Crippen LogP contribution in [0.3, 0.4) is 0 Å². The van der Waals surface area contributed by atoms with E-state index in [0.29, 0.717) is 30.4 Å². The molecule has 2 aromatic heterocycles. The average Bonchev–Trinajstić information content (AvgIpc) is 3.25. The summed E-state index contributed by atoms with van der Waals surface area (Å²) in [4.78, 5) is 4.06. The largest absolute Gasteiger partial charge is 0.493 e. The highest BCUT2D eigenvalue weighted by molar-refractivity contribution is 5.55. The Hall–Kier alpha value is -2.96. The molecule has 7 heteroatoms. The lowest BCUT2D eigenvalue weighted by atomic mass is 10.1. The van der Waals surface area contributed by atoms with Crippen LogP contribution in [-0.2, 0) is 13.6 Å². The summed E-state index contributed by atoms with van der Waals surface area (Å²) in [5, 5.41) is 4.19. The van der Waals surface area contributed by atoms with E-state index in [1.165, 1.54) is 0 Å². The maximum atomic E-state index is 6.12. The minimum Gasteiger partial charge on any atom is -0.493 e. The third kappa shape index (κ3) is 2.68. The number of imidazole rings is 1. The molecule has 1 aliphatic rings. The van der Waals surface area contributed by atoms with Gasteiger partial charge in [0.15, 0.2) is 17.6 Å². The Kier molecular flexibility index (Phi) is 3.60. The Morgan fingerprint density at radius 3 is 3.00 bits per heavy atom. The molecule has 24 heavy (non-hydrogen) atoms. The molecule has 0 fully saturated rings. The summed E-state index contributed by atoms with van der Waals surface area (Å²) in [6.07, 6.45) is 8.98. The molecule has 0 amide bonds. The average molecular weight is 326 g/mol. The van der Waals surface area contributed by atoms with E-state index in [-0.39, 0.29) is 6.10 Å². The van der Waals surface area contributed by atoms with Crippen LogP contribution in [0.15, 0.2) is 43.2 Å². The summed E-state index contributed by atoms with van der Waals surface area (Å²) in [6.45, 7) is 1.13. The van der Waals surface area contributed by atoms with E-state index in [1.54, 1.807) is 30.5 Å². The second kappa shape index (κ2) is 5.92. The number of hydrogen-bond donors (Lipinski definition) is 0. The summed E-state index contributed by atoms with van der Waals surface area (Å²) in [5.74, 6) is 1.99. The van der Waals surface area contributed by atoms with Crippen LogP contribution >= 0.6 is 0 Å². The van der Waals surface area contributed by atoms with Crippen LogP contribution in [0.2, 0.25) is 0 Å². The first-order valence-corrected chi connectivity index (χ1v) is 7.67. The van der Waals surface area contributed by atoms with Gasteiger partial charge in [-0.3, -0.25) is 4.68 Å². The van der Waals surface area contributed by atoms with Crippen LogP contribution in [-0.4, -0.2) is 33.0 Å². The molecule has 0 bridgehead atoms. The van der Waals surface area contributed by atoms with Crippen molar-refractivity contribution >= 4 is 0 Å². The fraction of sp³-hybridized carbons (Fsp3) is 0.294. The third-order valence-electron chi connectivity index (χ3n) is 3.97. The summed E-state index contributed by atoms with van der Waals surface area (Å²) in [7, 11) is 3.51. The fourth-order valence-electron chi connectivity index (χ4n) is 2.80. The Morgan fingerprint density at radius 2 is 2.29 bits per heavy atom. The first-order valence-electron chi connectivity index (χ1n) is 7.67. The molecular weight excluding hydrogens is 308 g/mol. The molecule has 1 aliphatic heterocycles. The van der Waals surface area contributed by atoms with E-state index < -0.39 is 0 Å². The monoisotopic (exact) mass is 326 g/mol. The van der Waals surface area contributed by atoms with E-state index in [2.05, 4.69) is 10.1 Å². The molecule has 1 unspecified atom stereocenters. The van der Waals surface area contributed by atoms with Gasteiger partial charge in [-0.25, -0.2) is 4.98 Å². The van der Waals surface area contributed by atoms with Crippen molar-refractivity contribution < 1.29 is 14.2 Å². The first kappa shape index (κ1) is 14.6. The van der Waals surface area contributed by atoms with Crippen molar-refractivity contribution in [3.63, 3.8) is 0 Å². The molecule has 0 N–H and O–H groups in total. The van der Waals surface area contributed by atoms with Crippen LogP contribution in [0.25, 0.3) is 0 Å². The maximum absolute atomic E-state index is 6.12. The summed E-state index contributed by atoms with van der Waals surface area (Å²) >= 11 is 0. The highest BCUT2D eigenvalue weighted by atomic mass is 16.6. The lowest BCUT2D eigenvalue weighted by Gasteiger charge is -2.27. The van der Waals surface area contributed by atoms with Gasteiger partial charge in [-0.05, 0) is 17.7 Å². The topological polar surface area (TPSA) is 63.3 Å². The molecular formula is C17H18N4O3. The predicted octanol–water partition coefficient (Wildman–Crippen LogP) is 2.19. The molecule has 3 heterocycles. The van der Waals surface area contributed by atoms with Crippen LogP contribution in [0.4, 0.5) is 0 Å². The second-order valence-electron chi connectivity index (χ2n) is 5.73. The van der Waals surface area contributed by atoms with Gasteiger partial charge in [-0.15, -0.1) is 0 Å². The molecule has 4 rings (SSSR count). The number of nitrogens with zero attached hydrogens (tertiary/aromatic N) is 4. The van der Waals surface area contributed by atoms with Crippen molar-refractivity contribution in [3.8, 4) is 17.2 Å². The lowest BCUT2D eigenvalue weighted by Crippen LogP contribution is -2.22. The van der Waals surface area contributed by atoms with Crippen LogP contribution in [0, 0.1) is 0 Å². The number of methoxy groups -OCH3 is 1. The van der Waals surface area contributed by atoms with Gasteiger partial charge in [-0.1, -0.05) is 0 Å². The number of fused-ring (bicyclic) bond motifs is 1. The molecule has 1 atom stereocenters. The van der Waals surface area contributed by atoms with E-state index in [4.69, 9.17) is 14.2 Å². The number of ether oxygens (including phenoxy) is 3. The standard InChI is InChI=1S/C17H18N4O3/c1-20-9-13(7-19-20)16-10-23-15-6-12(8-21-4-3-18-11-21)5-14(22-2)17(15)24-16/h3-7,9,11,16H,8,10H2,1-2H3. The minimum atomic E-state index is -0.195. The van der Waals surface area contributed by atoms with Crippen LogP contribution < -0.4 is 14.2 Å². The van der Waals surface area contributed by atoms with Crippen LogP contribution in [0.1, 0.15) is 17.2 Å². The molecule has 7 nitrogen and oxygen atoms in total. The van der Waals surface area contributed by atoms with Crippen molar-refractivity contribution in [2.24, 2.45) is 7.05 Å². The smallest absolute Gasteiger partial charge is 0.204 e. The van der Waals surface area contributed by atoms with E-state index in [0.717, 1.165) is 11.1 Å². The Labute approximate surface area is 139 Å². The van der Waals surface area contributed by atoms with Crippen molar-refractivity contribution in [2.45, 2.75) is 12.6 Å². The molecule has 0 saturated carbocycles. The number of aromatic nitrogens is 4. The Bertz CT molecular complexity index is 824. The van der Waals surface area contributed by atoms with Gasteiger partial charge in [0.1, 0.15) is 6.61 Å². The predicted molar refractivity (Wildman–Crippen MR) is 86.4 cm³/mol. The number of benzene rings is 1. The second-order valence-corrected chi connectivity index (χ2v) is 5.73. The van der Waals surface area contributed by atoms with Crippen molar-refractivity contribution in [1.29, 1.82) is 0 Å². The zero-order valence-corrected chi connectivity index (χ0v) is 13.5. The third-order valence-corrected chi connectivity index (χ3v) is 3.97. The minimum absolute atomic E-state index is 0.195. The van der Waals surface area contributed by atoms with Gasteiger partial charge < -0.3 is 18.8 Å². The number of hydrogen-bond acceptors (Lipinski definition) is 5. The summed E-state index contributed by atoms with van der Waals surface area (Å²) in [5.41, 5.74) is 2.04. The van der Waals surface area contributed by atoms with Crippen molar-refractivity contribution in [3.05, 3.63) is 54.4 Å². The molecule has 124 valence electrons. The SMILES string of the molecule is COc1cc(Cn2ccnc2)cc2c1OC(c1cnn(C)c1)CO2. The fourth-order valence-corrected chi connectivity index (χ4v) is 2.80. The summed E-state index contributed by atoms with van der Waals surface area (Å²) < 4.78 is 21.3. The molecule has 0 aliphatic carbocycles. The van der Waals surface area contributed by atoms with Gasteiger partial charge >= 0.3 is 0 Å². The van der Waals surface area contributed by atoms with Gasteiger partial charge in [0.2, 0.25) is 5.75 Å². The van der Waals surface area contributed by atoms with E-state index in [9.17, 15) is 0 Å². The number of rotatable bonds is 4. The number of aryl methyl sites for hydroxylation is 1. The van der Waals surface area contributed by atoms with Crippen molar-refractivity contribution in [1.82, 2.24) is 19.3 Å². The zero-order chi connectivity index (χ0) is 16.5. The summed E-state index contributed by atoms with van der Waals surface area (Å²) in [6, 6.07) is 3.95. The molecule has 3 aromatic rings. The molecule has 0 radical (unpaired) electrons.